The number of nitrogens with one attached hydrogen (secondary N) is 1. The minimum atomic E-state index is -1.60. The lowest BCUT2D eigenvalue weighted by Gasteiger charge is -2.54. The van der Waals surface area contributed by atoms with Gasteiger partial charge in [-0.05, 0) is 66.6 Å². The van der Waals surface area contributed by atoms with Crippen LogP contribution in [0.25, 0.3) is 0 Å². The monoisotopic (exact) mass is 499 g/mol. The number of urea groups is 1. The average Bonchev–Trinajstić information content (AvgIpc) is 2.92. The third-order valence-corrected chi connectivity index (χ3v) is 8.01. The van der Waals surface area contributed by atoms with Crippen molar-refractivity contribution in [2.24, 2.45) is 5.41 Å². The Bertz CT molecular complexity index is 1390. The number of benzene rings is 3. The number of amides is 4. The van der Waals surface area contributed by atoms with Crippen LogP contribution < -0.4 is 19.9 Å². The molecule has 0 bridgehead atoms. The van der Waals surface area contributed by atoms with Gasteiger partial charge in [-0.3, -0.25) is 14.9 Å². The number of carbonyl (C=O) groups is 3. The van der Waals surface area contributed by atoms with Gasteiger partial charge in [0, 0.05) is 6.54 Å². The van der Waals surface area contributed by atoms with E-state index in [9.17, 15) is 14.4 Å². The second kappa shape index (κ2) is 8.73. The van der Waals surface area contributed by atoms with Crippen molar-refractivity contribution in [3.05, 3.63) is 89.7 Å². The Morgan fingerprint density at radius 1 is 0.973 bits per heavy atom. The van der Waals surface area contributed by atoms with Gasteiger partial charge in [-0.15, -0.1) is 0 Å². The number of rotatable bonds is 3. The summed E-state index contributed by atoms with van der Waals surface area (Å²) in [4.78, 5) is 44.0. The number of fused-ring (bicyclic) bond motifs is 4. The summed E-state index contributed by atoms with van der Waals surface area (Å²) in [6.45, 7) is 0.483. The van der Waals surface area contributed by atoms with E-state index in [-0.39, 0.29) is 18.2 Å². The molecule has 1 N–H and O–H groups in total. The van der Waals surface area contributed by atoms with Crippen molar-refractivity contribution in [2.45, 2.75) is 31.2 Å². The predicted octanol–water partition coefficient (Wildman–Crippen LogP) is 4.41. The second-order valence-corrected chi connectivity index (χ2v) is 9.83. The van der Waals surface area contributed by atoms with Crippen molar-refractivity contribution < 1.29 is 23.5 Å². The van der Waals surface area contributed by atoms with Gasteiger partial charge in [0.25, 0.3) is 5.91 Å². The molecule has 0 unspecified atom stereocenters. The van der Waals surface area contributed by atoms with E-state index in [1.165, 1.54) is 13.2 Å². The van der Waals surface area contributed by atoms with Crippen LogP contribution >= 0.6 is 0 Å². The largest absolute Gasteiger partial charge is 0.497 e. The highest BCUT2D eigenvalue weighted by Crippen LogP contribution is 2.51. The Kier molecular flexibility index (Phi) is 5.47. The van der Waals surface area contributed by atoms with Gasteiger partial charge in [0.05, 0.1) is 24.5 Å². The summed E-state index contributed by atoms with van der Waals surface area (Å²) in [7, 11) is 1.53. The zero-order chi connectivity index (χ0) is 25.7. The Morgan fingerprint density at radius 3 is 2.46 bits per heavy atom. The first-order chi connectivity index (χ1) is 17.9. The lowest BCUT2D eigenvalue weighted by Crippen LogP contribution is -2.73. The van der Waals surface area contributed by atoms with E-state index in [0.29, 0.717) is 35.7 Å². The highest BCUT2D eigenvalue weighted by Gasteiger charge is 2.63. The SMILES string of the molecule is COc1ccc(N2C(=O)NC(=O)[C@@]3(Cc4cccc(F)c4N4CC[C@@H](c5ccccc5)C[C@@H]43)C2=O)cc1. The summed E-state index contributed by atoms with van der Waals surface area (Å²) >= 11 is 0. The van der Waals surface area contributed by atoms with Crippen molar-refractivity contribution >= 4 is 29.2 Å². The summed E-state index contributed by atoms with van der Waals surface area (Å²) in [6, 6.07) is 19.8. The first-order valence-corrected chi connectivity index (χ1v) is 12.4. The number of barbiturate groups is 1. The average molecular weight is 500 g/mol. The van der Waals surface area contributed by atoms with Crippen LogP contribution in [0.3, 0.4) is 0 Å². The fourth-order valence-electron chi connectivity index (χ4n) is 6.24. The Balaban J connectivity index is 1.49. The molecule has 37 heavy (non-hydrogen) atoms. The first-order valence-electron chi connectivity index (χ1n) is 12.4. The maximum atomic E-state index is 15.2. The lowest BCUT2D eigenvalue weighted by atomic mass is 9.64. The highest BCUT2D eigenvalue weighted by atomic mass is 19.1. The van der Waals surface area contributed by atoms with E-state index in [1.54, 1.807) is 36.4 Å². The number of anilines is 2. The Hall–Kier alpha value is -4.20. The third-order valence-electron chi connectivity index (χ3n) is 8.01. The number of hydrogen-bond acceptors (Lipinski definition) is 5. The zero-order valence-electron chi connectivity index (χ0n) is 20.3. The summed E-state index contributed by atoms with van der Waals surface area (Å²) in [5.74, 6) is -0.941. The van der Waals surface area contributed by atoms with Gasteiger partial charge in [0.1, 0.15) is 11.6 Å². The summed E-state index contributed by atoms with van der Waals surface area (Å²) in [5, 5.41) is 2.46. The molecule has 7 nitrogen and oxygen atoms in total. The zero-order valence-corrected chi connectivity index (χ0v) is 20.3. The molecule has 2 saturated heterocycles. The van der Waals surface area contributed by atoms with Gasteiger partial charge in [0.2, 0.25) is 5.91 Å². The Morgan fingerprint density at radius 2 is 1.73 bits per heavy atom. The van der Waals surface area contributed by atoms with E-state index in [2.05, 4.69) is 5.32 Å². The van der Waals surface area contributed by atoms with Crippen molar-refractivity contribution in [1.29, 1.82) is 0 Å². The van der Waals surface area contributed by atoms with Crippen LogP contribution in [-0.4, -0.2) is 37.5 Å². The second-order valence-electron chi connectivity index (χ2n) is 9.83. The lowest BCUT2D eigenvalue weighted by molar-refractivity contribution is -0.145. The number of para-hydroxylation sites is 1. The fraction of sp³-hybridized carbons (Fsp3) is 0.276. The molecule has 4 amide bonds. The number of halogens is 1. The van der Waals surface area contributed by atoms with Crippen LogP contribution in [0.5, 0.6) is 5.75 Å². The highest BCUT2D eigenvalue weighted by molar-refractivity contribution is 6.30. The van der Waals surface area contributed by atoms with E-state index in [0.717, 1.165) is 16.9 Å². The van der Waals surface area contributed by atoms with Crippen molar-refractivity contribution in [3.63, 3.8) is 0 Å². The summed E-state index contributed by atoms with van der Waals surface area (Å²) in [5.41, 5.74) is 0.882. The van der Waals surface area contributed by atoms with Crippen LogP contribution in [0.1, 0.15) is 29.9 Å². The fourth-order valence-corrected chi connectivity index (χ4v) is 6.24. The Labute approximate surface area is 213 Å². The van der Waals surface area contributed by atoms with E-state index < -0.39 is 29.3 Å². The molecule has 3 aliphatic heterocycles. The van der Waals surface area contributed by atoms with Gasteiger partial charge in [-0.2, -0.15) is 0 Å². The molecule has 0 aromatic heterocycles. The maximum absolute atomic E-state index is 15.2. The standard InChI is InChI=1S/C29H26FN3O4/c1-37-22-12-10-21(11-13-22)33-27(35)29(26(34)31-28(33)36)17-20-8-5-9-23(30)25(20)32-15-14-19(16-24(29)32)18-6-3-2-4-7-18/h2-13,19,24H,14-17H2,1H3,(H,31,34,36)/t19-,24-,29+/m1/s1. The summed E-state index contributed by atoms with van der Waals surface area (Å²) < 4.78 is 20.4. The van der Waals surface area contributed by atoms with Gasteiger partial charge in [-0.1, -0.05) is 42.5 Å². The van der Waals surface area contributed by atoms with Crippen LogP contribution in [0.2, 0.25) is 0 Å². The van der Waals surface area contributed by atoms with E-state index in [1.807, 2.05) is 35.2 Å². The van der Waals surface area contributed by atoms with E-state index in [4.69, 9.17) is 4.74 Å². The smallest absolute Gasteiger partial charge is 0.335 e. The molecule has 6 rings (SSSR count). The number of hydrogen-bond donors (Lipinski definition) is 1. The number of piperidine rings is 1. The number of methoxy groups -OCH3 is 1. The molecule has 188 valence electrons. The van der Waals surface area contributed by atoms with Crippen LogP contribution in [-0.2, 0) is 16.0 Å². The molecule has 0 radical (unpaired) electrons. The summed E-state index contributed by atoms with van der Waals surface area (Å²) in [6.07, 6.45) is 1.23. The topological polar surface area (TPSA) is 79.0 Å². The van der Waals surface area contributed by atoms with Crippen LogP contribution in [0.15, 0.2) is 72.8 Å². The minimum absolute atomic E-state index is 0.00731. The molecule has 1 spiro atoms. The van der Waals surface area contributed by atoms with Crippen LogP contribution in [0, 0.1) is 11.2 Å². The molecule has 3 heterocycles. The molecule has 8 heteroatoms. The van der Waals surface area contributed by atoms with Crippen molar-refractivity contribution in [1.82, 2.24) is 5.32 Å². The molecule has 0 aliphatic carbocycles. The normalized spacial score (nSPS) is 25.0. The third kappa shape index (κ3) is 3.50. The van der Waals surface area contributed by atoms with Gasteiger partial charge in [0.15, 0.2) is 5.41 Å². The first kappa shape index (κ1) is 23.2. The quantitative estimate of drug-likeness (QED) is 0.540. The predicted molar refractivity (Wildman–Crippen MR) is 136 cm³/mol. The minimum Gasteiger partial charge on any atom is -0.497 e. The van der Waals surface area contributed by atoms with Gasteiger partial charge < -0.3 is 9.64 Å². The van der Waals surface area contributed by atoms with Crippen molar-refractivity contribution in [2.75, 3.05) is 23.5 Å². The molecule has 3 aromatic carbocycles. The number of carbonyl (C=O) groups excluding carboxylic acids is 3. The number of nitrogens with zero attached hydrogens (tertiary/aromatic N) is 2. The molecular weight excluding hydrogens is 473 g/mol. The van der Waals surface area contributed by atoms with Crippen LogP contribution in [0.4, 0.5) is 20.6 Å². The van der Waals surface area contributed by atoms with E-state index >= 15 is 4.39 Å². The number of imide groups is 2. The van der Waals surface area contributed by atoms with Gasteiger partial charge >= 0.3 is 6.03 Å². The molecule has 3 aromatic rings. The molecular formula is C29H26FN3O4. The molecule has 2 fully saturated rings. The van der Waals surface area contributed by atoms with Gasteiger partial charge in [-0.25, -0.2) is 14.1 Å². The van der Waals surface area contributed by atoms with Crippen molar-refractivity contribution in [3.8, 4) is 5.75 Å². The molecule has 3 aliphatic rings. The maximum Gasteiger partial charge on any atom is 0.335 e. The molecule has 3 atom stereocenters. The number of ether oxygens (including phenoxy) is 1. The molecule has 0 saturated carbocycles.